The van der Waals surface area contributed by atoms with Gasteiger partial charge in [0.2, 0.25) is 0 Å². The molecule has 1 aromatic carbocycles. The molecular weight excluding hydrogens is 274 g/mol. The van der Waals surface area contributed by atoms with E-state index in [1.54, 1.807) is 30.3 Å². The number of amides is 1. The number of carbonyl (C=O) groups is 2. The van der Waals surface area contributed by atoms with Crippen molar-refractivity contribution in [2.24, 2.45) is 0 Å². The number of H-pyrrole nitrogens is 1. The molecule has 0 aliphatic rings. The lowest BCUT2D eigenvalue weighted by Gasteiger charge is -2.16. The highest BCUT2D eigenvalue weighted by atomic mass is 16.5. The number of rotatable bonds is 4. The maximum atomic E-state index is 12.1. The van der Waals surface area contributed by atoms with Crippen LogP contribution in [0.2, 0.25) is 0 Å². The Morgan fingerprint density at radius 1 is 1.29 bits per heavy atom. The molecule has 0 aliphatic heterocycles. The van der Waals surface area contributed by atoms with Crippen LogP contribution in [0.4, 0.5) is 0 Å². The van der Waals surface area contributed by atoms with E-state index in [1.807, 2.05) is 0 Å². The van der Waals surface area contributed by atoms with Gasteiger partial charge < -0.3 is 15.0 Å². The average molecular weight is 287 g/mol. The summed E-state index contributed by atoms with van der Waals surface area (Å²) in [7, 11) is 1.24. The molecular formula is C14H13N3O4. The molecule has 1 atom stereocenters. The first-order valence-electron chi connectivity index (χ1n) is 6.10. The Kier molecular flexibility index (Phi) is 4.45. The van der Waals surface area contributed by atoms with Gasteiger partial charge in [-0.05, 0) is 5.56 Å². The normalized spacial score (nSPS) is 11.5. The van der Waals surface area contributed by atoms with E-state index in [1.165, 1.54) is 13.3 Å². The van der Waals surface area contributed by atoms with E-state index in [4.69, 9.17) is 4.74 Å². The third kappa shape index (κ3) is 3.53. The minimum absolute atomic E-state index is 0.000524. The summed E-state index contributed by atoms with van der Waals surface area (Å²) in [6.07, 6.45) is 2.17. The number of ether oxygens (including phenoxy) is 1. The summed E-state index contributed by atoms with van der Waals surface area (Å²) in [5.41, 5.74) is 0.167. The van der Waals surface area contributed by atoms with Crippen molar-refractivity contribution in [3.8, 4) is 0 Å². The number of methoxy groups -OCH3 is 1. The third-order valence-electron chi connectivity index (χ3n) is 2.75. The van der Waals surface area contributed by atoms with Crippen molar-refractivity contribution in [1.82, 2.24) is 15.3 Å². The number of nitrogens with zero attached hydrogens (tertiary/aromatic N) is 1. The highest BCUT2D eigenvalue weighted by Gasteiger charge is 2.24. The number of benzene rings is 1. The molecule has 1 amide bonds. The molecule has 2 aromatic rings. The fourth-order valence-electron chi connectivity index (χ4n) is 1.71. The summed E-state index contributed by atoms with van der Waals surface area (Å²) in [6, 6.07) is 7.73. The van der Waals surface area contributed by atoms with Crippen molar-refractivity contribution in [1.29, 1.82) is 0 Å². The van der Waals surface area contributed by atoms with Crippen LogP contribution in [0, 0.1) is 0 Å². The third-order valence-corrected chi connectivity index (χ3v) is 2.75. The number of hydrogen-bond acceptors (Lipinski definition) is 5. The average Bonchev–Trinajstić information content (AvgIpc) is 2.53. The van der Waals surface area contributed by atoms with E-state index >= 15 is 0 Å². The van der Waals surface area contributed by atoms with Crippen LogP contribution in [0.15, 0.2) is 47.5 Å². The molecule has 2 rings (SSSR count). The predicted molar refractivity (Wildman–Crippen MR) is 73.5 cm³/mol. The van der Waals surface area contributed by atoms with Gasteiger partial charge in [0.1, 0.15) is 5.69 Å². The zero-order chi connectivity index (χ0) is 15.2. The molecule has 0 saturated carbocycles. The minimum Gasteiger partial charge on any atom is -0.467 e. The lowest BCUT2D eigenvalue weighted by atomic mass is 10.1. The minimum atomic E-state index is -0.947. The van der Waals surface area contributed by atoms with E-state index < -0.39 is 23.5 Å². The van der Waals surface area contributed by atoms with Gasteiger partial charge in [-0.1, -0.05) is 30.3 Å². The molecule has 7 heteroatoms. The van der Waals surface area contributed by atoms with E-state index in [2.05, 4.69) is 15.3 Å². The molecule has 7 nitrogen and oxygen atoms in total. The summed E-state index contributed by atoms with van der Waals surface area (Å²) >= 11 is 0. The molecule has 0 spiro atoms. The van der Waals surface area contributed by atoms with Crippen molar-refractivity contribution in [2.75, 3.05) is 7.11 Å². The Bertz CT molecular complexity index is 676. The Labute approximate surface area is 120 Å². The fourth-order valence-corrected chi connectivity index (χ4v) is 1.71. The van der Waals surface area contributed by atoms with Gasteiger partial charge in [-0.15, -0.1) is 0 Å². The molecule has 1 unspecified atom stereocenters. The van der Waals surface area contributed by atoms with Gasteiger partial charge in [0.15, 0.2) is 6.04 Å². The van der Waals surface area contributed by atoms with Gasteiger partial charge in [0, 0.05) is 6.20 Å². The second kappa shape index (κ2) is 6.47. The molecule has 0 bridgehead atoms. The number of hydrogen-bond donors (Lipinski definition) is 2. The van der Waals surface area contributed by atoms with E-state index in [0.29, 0.717) is 5.56 Å². The number of esters is 1. The molecule has 1 aromatic heterocycles. The summed E-state index contributed by atoms with van der Waals surface area (Å²) < 4.78 is 4.69. The summed E-state index contributed by atoms with van der Waals surface area (Å²) in [4.78, 5) is 40.8. The first-order chi connectivity index (χ1) is 10.1. The summed E-state index contributed by atoms with van der Waals surface area (Å²) in [5, 5.41) is 2.52. The van der Waals surface area contributed by atoms with Gasteiger partial charge >= 0.3 is 5.97 Å². The maximum Gasteiger partial charge on any atom is 0.333 e. The van der Waals surface area contributed by atoms with Crippen molar-refractivity contribution in [2.45, 2.75) is 6.04 Å². The molecule has 108 valence electrons. The maximum absolute atomic E-state index is 12.1. The van der Waals surface area contributed by atoms with Crippen LogP contribution in [0.25, 0.3) is 0 Å². The predicted octanol–water partition coefficient (Wildman–Crippen LogP) is 0.414. The highest BCUT2D eigenvalue weighted by Crippen LogP contribution is 2.14. The Hall–Kier alpha value is -2.96. The second-order valence-corrected chi connectivity index (χ2v) is 4.14. The molecule has 0 radical (unpaired) electrons. The fraction of sp³-hybridized carbons (Fsp3) is 0.143. The largest absolute Gasteiger partial charge is 0.467 e. The lowest BCUT2D eigenvalue weighted by Crippen LogP contribution is -2.35. The second-order valence-electron chi connectivity index (χ2n) is 4.14. The number of carbonyl (C=O) groups excluding carboxylic acids is 2. The van der Waals surface area contributed by atoms with Crippen LogP contribution in [0.1, 0.15) is 22.1 Å². The Morgan fingerprint density at radius 2 is 2.00 bits per heavy atom. The standard InChI is InChI=1S/C14H13N3O4/c1-21-14(20)12(9-5-3-2-4-6-9)17-13(19)10-7-16-11(18)8-15-10/h2-8,12H,1H3,(H,16,18)(H,17,19). The van der Waals surface area contributed by atoms with Crippen molar-refractivity contribution >= 4 is 11.9 Å². The zero-order valence-electron chi connectivity index (χ0n) is 11.2. The molecule has 1 heterocycles. The van der Waals surface area contributed by atoms with E-state index in [0.717, 1.165) is 6.20 Å². The van der Waals surface area contributed by atoms with E-state index in [-0.39, 0.29) is 5.69 Å². The zero-order valence-corrected chi connectivity index (χ0v) is 11.2. The number of aromatic nitrogens is 2. The first kappa shape index (κ1) is 14.4. The van der Waals surface area contributed by atoms with Gasteiger partial charge in [-0.3, -0.25) is 9.59 Å². The van der Waals surface area contributed by atoms with Crippen LogP contribution in [0.3, 0.4) is 0 Å². The van der Waals surface area contributed by atoms with Crippen molar-refractivity contribution in [3.63, 3.8) is 0 Å². The van der Waals surface area contributed by atoms with Crippen LogP contribution >= 0.6 is 0 Å². The molecule has 0 fully saturated rings. The quantitative estimate of drug-likeness (QED) is 0.793. The van der Waals surface area contributed by atoms with Gasteiger partial charge in [-0.2, -0.15) is 0 Å². The molecule has 21 heavy (non-hydrogen) atoms. The lowest BCUT2D eigenvalue weighted by molar-refractivity contribution is -0.143. The summed E-state index contributed by atoms with van der Waals surface area (Å²) in [5.74, 6) is -1.19. The van der Waals surface area contributed by atoms with Crippen LogP contribution in [-0.2, 0) is 9.53 Å². The highest BCUT2D eigenvalue weighted by molar-refractivity contribution is 5.95. The molecule has 0 saturated heterocycles. The molecule has 0 aliphatic carbocycles. The SMILES string of the molecule is COC(=O)C(NC(=O)c1c[nH]c(=O)cn1)c1ccccc1. The van der Waals surface area contributed by atoms with Crippen LogP contribution in [-0.4, -0.2) is 29.0 Å². The van der Waals surface area contributed by atoms with E-state index in [9.17, 15) is 14.4 Å². The van der Waals surface area contributed by atoms with Crippen LogP contribution in [0.5, 0.6) is 0 Å². The summed E-state index contributed by atoms with van der Waals surface area (Å²) in [6.45, 7) is 0. The number of nitrogens with one attached hydrogen (secondary N) is 2. The van der Waals surface area contributed by atoms with Gasteiger partial charge in [0.05, 0.1) is 13.3 Å². The van der Waals surface area contributed by atoms with Crippen LogP contribution < -0.4 is 10.9 Å². The van der Waals surface area contributed by atoms with Gasteiger partial charge in [0.25, 0.3) is 11.5 Å². The topological polar surface area (TPSA) is 101 Å². The van der Waals surface area contributed by atoms with Crippen molar-refractivity contribution < 1.29 is 14.3 Å². The monoisotopic (exact) mass is 287 g/mol. The smallest absolute Gasteiger partial charge is 0.333 e. The number of aromatic amines is 1. The van der Waals surface area contributed by atoms with Crippen molar-refractivity contribution in [3.05, 3.63) is 64.3 Å². The Morgan fingerprint density at radius 3 is 2.57 bits per heavy atom. The van der Waals surface area contributed by atoms with Gasteiger partial charge in [-0.25, -0.2) is 9.78 Å². The Balaban J connectivity index is 2.23. The molecule has 2 N–H and O–H groups in total. The first-order valence-corrected chi connectivity index (χ1v) is 6.10.